The van der Waals surface area contributed by atoms with Crippen molar-refractivity contribution in [2.45, 2.75) is 46.1 Å². The van der Waals surface area contributed by atoms with E-state index in [9.17, 15) is 4.79 Å². The average Bonchev–Trinajstić information content (AvgIpc) is 2.63. The Morgan fingerprint density at radius 2 is 1.32 bits per heavy atom. The first-order chi connectivity index (χ1) is 11.8. The zero-order chi connectivity index (χ0) is 19.3. The van der Waals surface area contributed by atoms with Gasteiger partial charge in [-0.1, -0.05) is 62.4 Å². The molecule has 0 amide bonds. The van der Waals surface area contributed by atoms with Crippen molar-refractivity contribution in [3.63, 3.8) is 0 Å². The van der Waals surface area contributed by atoms with Crippen LogP contribution in [0.1, 0.15) is 56.5 Å². The van der Waals surface area contributed by atoms with Crippen LogP contribution in [0.15, 0.2) is 60.7 Å². The van der Waals surface area contributed by atoms with Gasteiger partial charge in [-0.15, -0.1) is 0 Å². The summed E-state index contributed by atoms with van der Waals surface area (Å²) in [7, 11) is 0. The maximum atomic E-state index is 11.3. The minimum Gasteiger partial charge on any atom is -0.292 e. The van der Waals surface area contributed by atoms with E-state index in [1.54, 1.807) is 24.3 Å². The van der Waals surface area contributed by atoms with Gasteiger partial charge in [0.05, 0.1) is 5.56 Å². The Labute approximate surface area is 149 Å². The molecule has 0 unspecified atom stereocenters. The Bertz CT molecular complexity index is 574. The topological polar surface area (TPSA) is 76.0 Å². The molecule has 0 bridgehead atoms. The second-order valence-electron chi connectivity index (χ2n) is 6.50. The van der Waals surface area contributed by atoms with Crippen LogP contribution in [-0.2, 0) is 9.78 Å². The molecule has 2 N–H and O–H groups in total. The molecule has 2 aromatic carbocycles. The lowest BCUT2D eigenvalue weighted by atomic mass is 10.0. The highest BCUT2D eigenvalue weighted by atomic mass is 17.2. The zero-order valence-corrected chi connectivity index (χ0v) is 15.5. The molecule has 0 aliphatic carbocycles. The smallest absolute Gasteiger partial charge is 0.292 e. The number of hydrogen-bond donors (Lipinski definition) is 2. The van der Waals surface area contributed by atoms with Crippen molar-refractivity contribution in [2.75, 3.05) is 0 Å². The molecule has 25 heavy (non-hydrogen) atoms. The van der Waals surface area contributed by atoms with Crippen LogP contribution in [0.4, 0.5) is 0 Å². The summed E-state index contributed by atoms with van der Waals surface area (Å²) in [5.74, 6) is 0.187. The highest BCUT2D eigenvalue weighted by molar-refractivity contribution is 5.88. The van der Waals surface area contributed by atoms with Gasteiger partial charge in [-0.2, -0.15) is 4.89 Å². The van der Waals surface area contributed by atoms with Crippen LogP contribution in [0.3, 0.4) is 0 Å². The Hall–Kier alpha value is -2.21. The number of hydrogen-bond acceptors (Lipinski definition) is 5. The van der Waals surface area contributed by atoms with Crippen molar-refractivity contribution < 1.29 is 25.1 Å². The van der Waals surface area contributed by atoms with Crippen LogP contribution in [0.2, 0.25) is 0 Å². The summed E-state index contributed by atoms with van der Waals surface area (Å²) in [6, 6.07) is 19.2. The van der Waals surface area contributed by atoms with Gasteiger partial charge < -0.3 is 0 Å². The van der Waals surface area contributed by atoms with Gasteiger partial charge in [0.2, 0.25) is 0 Å². The van der Waals surface area contributed by atoms with Crippen molar-refractivity contribution >= 4 is 5.97 Å². The molecule has 0 fully saturated rings. The van der Waals surface area contributed by atoms with Gasteiger partial charge in [-0.3, -0.25) is 15.4 Å². The molecule has 0 aliphatic rings. The third-order valence-electron chi connectivity index (χ3n) is 2.84. The molecule has 2 aromatic rings. The quantitative estimate of drug-likeness (QED) is 0.573. The van der Waals surface area contributed by atoms with Crippen molar-refractivity contribution in [3.8, 4) is 0 Å². The third-order valence-corrected chi connectivity index (χ3v) is 2.84. The Kier molecular flexibility index (Phi) is 11.1. The molecule has 2 rings (SSSR count). The van der Waals surface area contributed by atoms with E-state index in [1.165, 1.54) is 5.56 Å². The van der Waals surface area contributed by atoms with Gasteiger partial charge in [-0.25, -0.2) is 4.79 Å². The first-order valence-corrected chi connectivity index (χ1v) is 7.99. The monoisotopic (exact) mass is 348 g/mol. The van der Waals surface area contributed by atoms with E-state index in [0.29, 0.717) is 11.5 Å². The summed E-state index contributed by atoms with van der Waals surface area (Å²) in [6.45, 7) is 9.84. The normalized spacial score (nSPS) is 10.1. The molecular formula is C20H28O5. The standard InChI is InChI=1S/C11H14O3.C9H12.H2O2/c1-11(2,3)14-13-10(12)9-7-5-4-6-8-9;1-8(2)9-6-4-3-5-7-9;1-2/h4-8H,1-3H3;3-8H,1-2H3;1-2H. The average molecular weight is 348 g/mol. The molecule has 0 radical (unpaired) electrons. The second-order valence-corrected chi connectivity index (χ2v) is 6.50. The molecule has 0 saturated heterocycles. The van der Waals surface area contributed by atoms with Crippen molar-refractivity contribution in [3.05, 3.63) is 71.8 Å². The fourth-order valence-electron chi connectivity index (χ4n) is 1.62. The lowest BCUT2D eigenvalue weighted by Gasteiger charge is -2.16. The molecule has 0 aliphatic heterocycles. The van der Waals surface area contributed by atoms with E-state index in [0.717, 1.165) is 0 Å². The van der Waals surface area contributed by atoms with Crippen LogP contribution >= 0.6 is 0 Å². The van der Waals surface area contributed by atoms with Crippen LogP contribution in [0.5, 0.6) is 0 Å². The maximum absolute atomic E-state index is 11.3. The molecule has 0 atom stereocenters. The fraction of sp³-hybridized carbons (Fsp3) is 0.350. The van der Waals surface area contributed by atoms with Gasteiger partial charge in [0.1, 0.15) is 5.60 Å². The Morgan fingerprint density at radius 1 is 0.880 bits per heavy atom. The molecule has 0 spiro atoms. The van der Waals surface area contributed by atoms with E-state index in [1.807, 2.05) is 32.9 Å². The Balaban J connectivity index is 0.000000451. The first-order valence-electron chi connectivity index (χ1n) is 7.99. The summed E-state index contributed by atoms with van der Waals surface area (Å²) in [5.41, 5.74) is 1.42. The van der Waals surface area contributed by atoms with Crippen LogP contribution < -0.4 is 0 Å². The van der Waals surface area contributed by atoms with Crippen molar-refractivity contribution in [1.82, 2.24) is 0 Å². The molecule has 0 heterocycles. The van der Waals surface area contributed by atoms with Gasteiger partial charge in [0.25, 0.3) is 0 Å². The lowest BCUT2D eigenvalue weighted by Crippen LogP contribution is -2.21. The summed E-state index contributed by atoms with van der Waals surface area (Å²) >= 11 is 0. The van der Waals surface area contributed by atoms with Gasteiger partial charge in [0.15, 0.2) is 0 Å². The maximum Gasteiger partial charge on any atom is 0.373 e. The predicted octanol–water partition coefficient (Wildman–Crippen LogP) is 5.40. The minimum absolute atomic E-state index is 0.472. The second kappa shape index (κ2) is 12.2. The van der Waals surface area contributed by atoms with E-state index in [2.05, 4.69) is 43.0 Å². The van der Waals surface area contributed by atoms with Crippen LogP contribution in [-0.4, -0.2) is 22.1 Å². The molecule has 138 valence electrons. The first kappa shape index (κ1) is 22.8. The highest BCUT2D eigenvalue weighted by Crippen LogP contribution is 2.12. The van der Waals surface area contributed by atoms with Gasteiger partial charge in [0, 0.05) is 0 Å². The number of rotatable bonds is 3. The van der Waals surface area contributed by atoms with Crippen molar-refractivity contribution in [2.24, 2.45) is 0 Å². The number of benzene rings is 2. The highest BCUT2D eigenvalue weighted by Gasteiger charge is 2.16. The molecule has 0 aromatic heterocycles. The summed E-state index contributed by atoms with van der Waals surface area (Å²) in [4.78, 5) is 20.9. The third kappa shape index (κ3) is 11.1. The molecule has 5 nitrogen and oxygen atoms in total. The molecule has 0 saturated carbocycles. The number of carbonyl (C=O) groups excluding carboxylic acids is 1. The van der Waals surface area contributed by atoms with Crippen LogP contribution in [0.25, 0.3) is 0 Å². The zero-order valence-electron chi connectivity index (χ0n) is 15.5. The van der Waals surface area contributed by atoms with E-state index < -0.39 is 11.6 Å². The Morgan fingerprint density at radius 3 is 1.68 bits per heavy atom. The summed E-state index contributed by atoms with van der Waals surface area (Å²) in [6.07, 6.45) is 0. The predicted molar refractivity (Wildman–Crippen MR) is 98.5 cm³/mol. The van der Waals surface area contributed by atoms with Crippen molar-refractivity contribution in [1.29, 1.82) is 0 Å². The SMILES string of the molecule is CC(C)(C)OOC(=O)c1ccccc1.CC(C)c1ccccc1.OO. The van der Waals surface area contributed by atoms with E-state index in [-0.39, 0.29) is 0 Å². The fourth-order valence-corrected chi connectivity index (χ4v) is 1.62. The molecule has 5 heteroatoms. The lowest BCUT2D eigenvalue weighted by molar-refractivity contribution is -0.301. The van der Waals surface area contributed by atoms with Gasteiger partial charge in [-0.05, 0) is 44.4 Å². The minimum atomic E-state index is -0.482. The van der Waals surface area contributed by atoms with Gasteiger partial charge >= 0.3 is 5.97 Å². The molecular weight excluding hydrogens is 320 g/mol. The number of carbonyl (C=O) groups is 1. The van der Waals surface area contributed by atoms with E-state index in [4.69, 9.17) is 15.4 Å². The van der Waals surface area contributed by atoms with Crippen LogP contribution in [0, 0.1) is 0 Å². The summed E-state index contributed by atoms with van der Waals surface area (Å²) < 4.78 is 0. The largest absolute Gasteiger partial charge is 0.373 e. The van der Waals surface area contributed by atoms with E-state index >= 15 is 0 Å². The summed E-state index contributed by atoms with van der Waals surface area (Å²) in [5, 5.41) is 12.0.